The first-order valence-corrected chi connectivity index (χ1v) is 5.92. The van der Waals surface area contributed by atoms with Gasteiger partial charge < -0.3 is 9.47 Å². The molecular formula is C14H14N2O4. The van der Waals surface area contributed by atoms with Crippen LogP contribution in [0, 0.1) is 0 Å². The van der Waals surface area contributed by atoms with Gasteiger partial charge in [0.1, 0.15) is 12.0 Å². The fraction of sp³-hybridized carbons (Fsp3) is 0.214. The van der Waals surface area contributed by atoms with Crippen molar-refractivity contribution in [3.63, 3.8) is 0 Å². The molecule has 0 N–H and O–H groups in total. The van der Waals surface area contributed by atoms with Gasteiger partial charge in [0.05, 0.1) is 20.8 Å². The zero-order chi connectivity index (χ0) is 14.5. The number of rotatable bonds is 5. The van der Waals surface area contributed by atoms with Crippen molar-refractivity contribution in [3.8, 4) is 11.6 Å². The number of carbonyl (C=O) groups is 1. The van der Waals surface area contributed by atoms with Crippen molar-refractivity contribution in [1.29, 1.82) is 0 Å². The van der Waals surface area contributed by atoms with Crippen LogP contribution in [0.25, 0.3) is 0 Å². The average molecular weight is 274 g/mol. The van der Waals surface area contributed by atoms with Crippen LogP contribution in [0.15, 0.2) is 35.1 Å². The van der Waals surface area contributed by atoms with Gasteiger partial charge in [-0.15, -0.1) is 5.10 Å². The number of methoxy groups -OCH3 is 2. The van der Waals surface area contributed by atoms with Gasteiger partial charge in [0, 0.05) is 23.3 Å². The normalized spacial score (nSPS) is 10.1. The topological polar surface area (TPSA) is 70.4 Å². The maximum absolute atomic E-state index is 11.8. The minimum atomic E-state index is -0.260. The lowest BCUT2D eigenvalue weighted by Crippen LogP contribution is -2.23. The van der Waals surface area contributed by atoms with E-state index in [2.05, 4.69) is 5.10 Å². The molecule has 0 bridgehead atoms. The van der Waals surface area contributed by atoms with E-state index in [1.807, 2.05) is 0 Å². The van der Waals surface area contributed by atoms with E-state index < -0.39 is 0 Å². The van der Waals surface area contributed by atoms with Crippen LogP contribution in [0.5, 0.6) is 11.6 Å². The van der Waals surface area contributed by atoms with Crippen molar-refractivity contribution >= 4 is 6.29 Å². The van der Waals surface area contributed by atoms with Crippen LogP contribution in [0.4, 0.5) is 0 Å². The van der Waals surface area contributed by atoms with Gasteiger partial charge in [-0.1, -0.05) is 0 Å². The monoisotopic (exact) mass is 274 g/mol. The van der Waals surface area contributed by atoms with E-state index >= 15 is 0 Å². The number of hydrogen-bond donors (Lipinski definition) is 0. The molecule has 0 amide bonds. The largest absolute Gasteiger partial charge is 0.496 e. The van der Waals surface area contributed by atoms with Gasteiger partial charge in [-0.05, 0) is 18.2 Å². The smallest absolute Gasteiger partial charge is 0.267 e. The second-order valence-electron chi connectivity index (χ2n) is 4.06. The van der Waals surface area contributed by atoms with E-state index in [0.29, 0.717) is 22.8 Å². The molecule has 2 rings (SSSR count). The molecule has 1 aromatic heterocycles. The highest BCUT2D eigenvalue weighted by Crippen LogP contribution is 2.20. The summed E-state index contributed by atoms with van der Waals surface area (Å²) in [6.45, 7) is 0.195. The van der Waals surface area contributed by atoms with Gasteiger partial charge in [0.25, 0.3) is 5.56 Å². The molecule has 20 heavy (non-hydrogen) atoms. The van der Waals surface area contributed by atoms with Crippen LogP contribution in [0.1, 0.15) is 15.9 Å². The van der Waals surface area contributed by atoms with E-state index in [9.17, 15) is 9.59 Å². The van der Waals surface area contributed by atoms with E-state index in [4.69, 9.17) is 9.47 Å². The molecule has 0 aliphatic carbocycles. The van der Waals surface area contributed by atoms with Crippen molar-refractivity contribution in [2.45, 2.75) is 6.54 Å². The maximum atomic E-state index is 11.8. The second-order valence-corrected chi connectivity index (χ2v) is 4.06. The molecule has 0 unspecified atom stereocenters. The molecule has 0 aliphatic heterocycles. The van der Waals surface area contributed by atoms with Crippen LogP contribution >= 0.6 is 0 Å². The lowest BCUT2D eigenvalue weighted by Gasteiger charge is -2.10. The lowest BCUT2D eigenvalue weighted by atomic mass is 10.1. The van der Waals surface area contributed by atoms with Crippen LogP contribution in [0.2, 0.25) is 0 Å². The Morgan fingerprint density at radius 3 is 2.65 bits per heavy atom. The van der Waals surface area contributed by atoms with Gasteiger partial charge in [0.2, 0.25) is 5.88 Å². The second kappa shape index (κ2) is 6.01. The van der Waals surface area contributed by atoms with Gasteiger partial charge in [0.15, 0.2) is 0 Å². The number of hydrogen-bond acceptors (Lipinski definition) is 5. The highest BCUT2D eigenvalue weighted by Gasteiger charge is 2.08. The van der Waals surface area contributed by atoms with Gasteiger partial charge >= 0.3 is 0 Å². The summed E-state index contributed by atoms with van der Waals surface area (Å²) in [4.78, 5) is 22.6. The Hall–Kier alpha value is -2.63. The molecule has 2 aromatic rings. The number of nitrogens with zero attached hydrogens (tertiary/aromatic N) is 2. The quantitative estimate of drug-likeness (QED) is 0.764. The lowest BCUT2D eigenvalue weighted by molar-refractivity contribution is 0.112. The van der Waals surface area contributed by atoms with Crippen molar-refractivity contribution in [1.82, 2.24) is 9.78 Å². The standard InChI is InChI=1S/C14H14N2O4/c1-19-12-4-3-10(9-17)7-11(12)8-16-14(18)6-5-13(15-16)20-2/h3-7,9H,8H2,1-2H3. The minimum absolute atomic E-state index is 0.195. The first-order chi connectivity index (χ1) is 9.67. The molecule has 1 heterocycles. The maximum Gasteiger partial charge on any atom is 0.267 e. The molecular weight excluding hydrogens is 260 g/mol. The molecule has 0 fully saturated rings. The Labute approximate surface area is 115 Å². The first kappa shape index (κ1) is 13.8. The Kier molecular flexibility index (Phi) is 4.14. The first-order valence-electron chi connectivity index (χ1n) is 5.92. The summed E-state index contributed by atoms with van der Waals surface area (Å²) in [6, 6.07) is 7.88. The van der Waals surface area contributed by atoms with Gasteiger partial charge in [-0.25, -0.2) is 4.68 Å². The van der Waals surface area contributed by atoms with Gasteiger partial charge in [-0.3, -0.25) is 9.59 Å². The van der Waals surface area contributed by atoms with E-state index in [0.717, 1.165) is 6.29 Å². The van der Waals surface area contributed by atoms with E-state index in [-0.39, 0.29) is 12.1 Å². The molecule has 0 atom stereocenters. The molecule has 0 saturated heterocycles. The van der Waals surface area contributed by atoms with Crippen LogP contribution in [-0.4, -0.2) is 30.3 Å². The number of aromatic nitrogens is 2. The van der Waals surface area contributed by atoms with Crippen molar-refractivity contribution in [3.05, 3.63) is 51.8 Å². The number of aldehydes is 1. The fourth-order valence-corrected chi connectivity index (χ4v) is 1.81. The predicted molar refractivity (Wildman–Crippen MR) is 72.5 cm³/mol. The third-order valence-electron chi connectivity index (χ3n) is 2.81. The molecule has 0 spiro atoms. The van der Waals surface area contributed by atoms with Gasteiger partial charge in [-0.2, -0.15) is 0 Å². The molecule has 6 nitrogen and oxygen atoms in total. The molecule has 1 aromatic carbocycles. The average Bonchev–Trinajstić information content (AvgIpc) is 2.49. The molecule has 6 heteroatoms. The summed E-state index contributed by atoms with van der Waals surface area (Å²) < 4.78 is 11.5. The van der Waals surface area contributed by atoms with Crippen LogP contribution in [-0.2, 0) is 6.54 Å². The highest BCUT2D eigenvalue weighted by atomic mass is 16.5. The molecule has 0 radical (unpaired) electrons. The summed E-state index contributed by atoms with van der Waals surface area (Å²) in [5, 5.41) is 4.06. The van der Waals surface area contributed by atoms with E-state index in [1.54, 1.807) is 18.2 Å². The Morgan fingerprint density at radius 1 is 1.20 bits per heavy atom. The SMILES string of the molecule is COc1ccc(=O)n(Cc2cc(C=O)ccc2OC)n1. The summed E-state index contributed by atoms with van der Waals surface area (Å²) in [5.74, 6) is 0.933. The molecule has 104 valence electrons. The molecule has 0 aliphatic rings. The molecule has 0 saturated carbocycles. The van der Waals surface area contributed by atoms with Crippen molar-refractivity contribution in [2.75, 3.05) is 14.2 Å². The Bertz CT molecular complexity index is 679. The number of benzene rings is 1. The summed E-state index contributed by atoms with van der Waals surface area (Å²) in [6.07, 6.45) is 0.741. The highest BCUT2D eigenvalue weighted by molar-refractivity contribution is 5.75. The third kappa shape index (κ3) is 2.85. The van der Waals surface area contributed by atoms with Crippen molar-refractivity contribution in [2.24, 2.45) is 0 Å². The zero-order valence-electron chi connectivity index (χ0n) is 11.2. The number of ether oxygens (including phenoxy) is 2. The zero-order valence-corrected chi connectivity index (χ0v) is 11.2. The fourth-order valence-electron chi connectivity index (χ4n) is 1.81. The Morgan fingerprint density at radius 2 is 2.00 bits per heavy atom. The summed E-state index contributed by atoms with van der Waals surface area (Å²) in [5.41, 5.74) is 0.945. The van der Waals surface area contributed by atoms with Crippen LogP contribution < -0.4 is 15.0 Å². The van der Waals surface area contributed by atoms with Crippen LogP contribution in [0.3, 0.4) is 0 Å². The third-order valence-corrected chi connectivity index (χ3v) is 2.81. The van der Waals surface area contributed by atoms with E-state index in [1.165, 1.54) is 31.0 Å². The predicted octanol–water partition coefficient (Wildman–Crippen LogP) is 1.12. The van der Waals surface area contributed by atoms with Crippen molar-refractivity contribution < 1.29 is 14.3 Å². The Balaban J connectivity index is 2.43. The summed E-state index contributed by atoms with van der Waals surface area (Å²) >= 11 is 0. The summed E-state index contributed by atoms with van der Waals surface area (Å²) in [7, 11) is 3.01. The number of carbonyl (C=O) groups excluding carboxylic acids is 1. The minimum Gasteiger partial charge on any atom is -0.496 e.